The first kappa shape index (κ1) is 21.3. The summed E-state index contributed by atoms with van der Waals surface area (Å²) in [5.74, 6) is -3.07. The van der Waals surface area contributed by atoms with Gasteiger partial charge in [0.25, 0.3) is 0 Å². The van der Waals surface area contributed by atoms with Gasteiger partial charge in [0.2, 0.25) is 5.88 Å². The molecule has 0 saturated heterocycles. The molecule has 0 saturated carbocycles. The van der Waals surface area contributed by atoms with Crippen LogP contribution in [-0.4, -0.2) is 8.42 Å². The molecule has 1 atom stereocenters. The summed E-state index contributed by atoms with van der Waals surface area (Å²) in [5.41, 5.74) is 7.51. The highest BCUT2D eigenvalue weighted by Crippen LogP contribution is 2.43. The van der Waals surface area contributed by atoms with E-state index in [4.69, 9.17) is 14.7 Å². The van der Waals surface area contributed by atoms with E-state index in [-0.39, 0.29) is 33.4 Å². The van der Waals surface area contributed by atoms with Gasteiger partial charge in [-0.25, -0.2) is 8.78 Å². The highest BCUT2D eigenvalue weighted by Gasteiger charge is 2.32. The van der Waals surface area contributed by atoms with Crippen LogP contribution < -0.4 is 14.7 Å². The molecule has 162 valence electrons. The van der Waals surface area contributed by atoms with Gasteiger partial charge in [-0.2, -0.15) is 13.7 Å². The van der Waals surface area contributed by atoms with Gasteiger partial charge < -0.3 is 14.7 Å². The minimum Gasteiger partial charge on any atom is -0.440 e. The van der Waals surface area contributed by atoms with E-state index < -0.39 is 27.7 Å². The minimum atomic E-state index is -4.10. The Morgan fingerprint density at radius 2 is 1.75 bits per heavy atom. The maximum atomic E-state index is 13.9. The van der Waals surface area contributed by atoms with E-state index in [1.807, 2.05) is 13.0 Å². The Morgan fingerprint density at radius 3 is 2.41 bits per heavy atom. The number of nitrogens with two attached hydrogens (primary N) is 1. The van der Waals surface area contributed by atoms with Crippen LogP contribution in [-0.2, 0) is 10.1 Å². The van der Waals surface area contributed by atoms with Crippen molar-refractivity contribution in [1.29, 1.82) is 5.26 Å². The van der Waals surface area contributed by atoms with Gasteiger partial charge in [-0.05, 0) is 42.8 Å². The zero-order chi connectivity index (χ0) is 23.0. The summed E-state index contributed by atoms with van der Waals surface area (Å²) in [6, 6.07) is 15.6. The second-order valence-corrected chi connectivity index (χ2v) is 8.69. The van der Waals surface area contributed by atoms with Gasteiger partial charge in [0, 0.05) is 11.6 Å². The summed E-state index contributed by atoms with van der Waals surface area (Å²) in [6.07, 6.45) is 0. The molecule has 0 aromatic heterocycles. The van der Waals surface area contributed by atoms with Crippen LogP contribution in [0, 0.1) is 29.9 Å². The number of fused-ring (bicyclic) bond motifs is 1. The lowest BCUT2D eigenvalue weighted by Gasteiger charge is -2.26. The fourth-order valence-corrected chi connectivity index (χ4v) is 4.32. The Bertz CT molecular complexity index is 1390. The maximum absolute atomic E-state index is 13.9. The van der Waals surface area contributed by atoms with Crippen LogP contribution in [0.1, 0.15) is 22.6 Å². The largest absolute Gasteiger partial charge is 0.440 e. The third-order valence-electron chi connectivity index (χ3n) is 4.98. The smallest absolute Gasteiger partial charge is 0.339 e. The topological polar surface area (TPSA) is 102 Å². The van der Waals surface area contributed by atoms with Gasteiger partial charge in [0.1, 0.15) is 28.0 Å². The molecule has 32 heavy (non-hydrogen) atoms. The van der Waals surface area contributed by atoms with E-state index in [9.17, 15) is 22.5 Å². The summed E-state index contributed by atoms with van der Waals surface area (Å²) >= 11 is 0. The van der Waals surface area contributed by atoms with Gasteiger partial charge in [-0.3, -0.25) is 0 Å². The Morgan fingerprint density at radius 1 is 1.03 bits per heavy atom. The molecule has 0 fully saturated rings. The third kappa shape index (κ3) is 3.88. The summed E-state index contributed by atoms with van der Waals surface area (Å²) in [7, 11) is -4.10. The molecule has 2 N–H and O–H groups in total. The quantitative estimate of drug-likeness (QED) is 0.591. The van der Waals surface area contributed by atoms with Crippen LogP contribution >= 0.6 is 0 Å². The minimum absolute atomic E-state index is 0.0180. The molecule has 0 spiro atoms. The molecule has 1 aliphatic heterocycles. The van der Waals surface area contributed by atoms with Crippen LogP contribution in [0.15, 0.2) is 77.0 Å². The van der Waals surface area contributed by atoms with Crippen molar-refractivity contribution in [1.82, 2.24) is 0 Å². The Labute approximate surface area is 183 Å². The van der Waals surface area contributed by atoms with E-state index >= 15 is 0 Å². The summed E-state index contributed by atoms with van der Waals surface area (Å²) in [4.78, 5) is -0.0208. The predicted octanol–water partition coefficient (Wildman–Crippen LogP) is 4.26. The number of hydrogen-bond acceptors (Lipinski definition) is 6. The molecule has 1 aliphatic rings. The average molecular weight is 454 g/mol. The van der Waals surface area contributed by atoms with Crippen molar-refractivity contribution in [3.05, 3.63) is 100 Å². The van der Waals surface area contributed by atoms with Crippen molar-refractivity contribution in [3.63, 3.8) is 0 Å². The first-order valence-electron chi connectivity index (χ1n) is 9.37. The van der Waals surface area contributed by atoms with Crippen molar-refractivity contribution in [2.75, 3.05) is 0 Å². The van der Waals surface area contributed by atoms with E-state index in [1.54, 1.807) is 12.1 Å². The molecule has 1 heterocycles. The van der Waals surface area contributed by atoms with Gasteiger partial charge in [0.15, 0.2) is 11.6 Å². The number of rotatable bonds is 4. The van der Waals surface area contributed by atoms with E-state index in [0.29, 0.717) is 5.56 Å². The first-order chi connectivity index (χ1) is 15.2. The summed E-state index contributed by atoms with van der Waals surface area (Å²) < 4.78 is 63.2. The molecule has 0 amide bonds. The number of nitriles is 1. The van der Waals surface area contributed by atoms with Crippen molar-refractivity contribution < 1.29 is 26.1 Å². The van der Waals surface area contributed by atoms with Crippen LogP contribution in [0.3, 0.4) is 0 Å². The van der Waals surface area contributed by atoms with E-state index in [0.717, 1.165) is 17.7 Å². The van der Waals surface area contributed by atoms with Gasteiger partial charge >= 0.3 is 10.1 Å². The zero-order valence-corrected chi connectivity index (χ0v) is 17.5. The average Bonchev–Trinajstić information content (AvgIpc) is 2.74. The molecular formula is C23H16F2N2O4S. The number of allylic oxidation sites excluding steroid dienone is 1. The second-order valence-electron chi connectivity index (χ2n) is 7.15. The molecule has 4 rings (SSSR count). The summed E-state index contributed by atoms with van der Waals surface area (Å²) in [6.45, 7) is 1.83. The standard InChI is InChI=1S/C23H16F2N2O4S/c1-13-2-6-16(7-3-13)32(28,29)31-15-5-8-17-21(11-15)30-23(27)18(12-26)22(17)14-4-9-19(24)20(25)10-14/h2-11,22H,27H2,1H3. The number of benzene rings is 3. The number of ether oxygens (including phenoxy) is 1. The predicted molar refractivity (Wildman–Crippen MR) is 111 cm³/mol. The van der Waals surface area contributed by atoms with Gasteiger partial charge in [-0.15, -0.1) is 0 Å². The molecule has 9 heteroatoms. The molecule has 1 unspecified atom stereocenters. The first-order valence-corrected chi connectivity index (χ1v) is 10.8. The molecule has 0 aliphatic carbocycles. The molecule has 3 aromatic rings. The van der Waals surface area contributed by atoms with Crippen LogP contribution in [0.5, 0.6) is 11.5 Å². The molecule has 6 nitrogen and oxygen atoms in total. The third-order valence-corrected chi connectivity index (χ3v) is 6.24. The molecule has 0 radical (unpaired) electrons. The second kappa shape index (κ2) is 7.98. The SMILES string of the molecule is Cc1ccc(S(=O)(=O)Oc2ccc3c(c2)OC(N)=C(C#N)C3c2ccc(F)c(F)c2)cc1. The monoisotopic (exact) mass is 454 g/mol. The Balaban J connectivity index is 1.74. The zero-order valence-electron chi connectivity index (χ0n) is 16.7. The number of aryl methyl sites for hydroxylation is 1. The number of hydrogen-bond donors (Lipinski definition) is 1. The normalized spacial score (nSPS) is 15.5. The maximum Gasteiger partial charge on any atom is 0.339 e. The highest BCUT2D eigenvalue weighted by molar-refractivity contribution is 7.87. The van der Waals surface area contributed by atoms with Crippen LogP contribution in [0.2, 0.25) is 0 Å². The lowest BCUT2D eigenvalue weighted by Crippen LogP contribution is -2.21. The Hall–Kier alpha value is -3.90. The van der Waals surface area contributed by atoms with Crippen molar-refractivity contribution in [2.45, 2.75) is 17.7 Å². The highest BCUT2D eigenvalue weighted by atomic mass is 32.2. The lowest BCUT2D eigenvalue weighted by molar-refractivity contribution is 0.391. The Kier molecular flexibility index (Phi) is 5.32. The van der Waals surface area contributed by atoms with Crippen molar-refractivity contribution in [2.24, 2.45) is 5.73 Å². The molecule has 0 bridgehead atoms. The lowest BCUT2D eigenvalue weighted by atomic mass is 9.83. The number of nitrogens with zero attached hydrogens (tertiary/aromatic N) is 1. The van der Waals surface area contributed by atoms with Crippen LogP contribution in [0.4, 0.5) is 8.78 Å². The van der Waals surface area contributed by atoms with Crippen molar-refractivity contribution in [3.8, 4) is 17.6 Å². The van der Waals surface area contributed by atoms with Gasteiger partial charge in [0.05, 0.1) is 5.92 Å². The van der Waals surface area contributed by atoms with E-state index in [2.05, 4.69) is 0 Å². The fraction of sp³-hybridized carbons (Fsp3) is 0.0870. The fourth-order valence-electron chi connectivity index (χ4n) is 3.40. The summed E-state index contributed by atoms with van der Waals surface area (Å²) in [5, 5.41) is 9.56. The van der Waals surface area contributed by atoms with Crippen LogP contribution in [0.25, 0.3) is 0 Å². The number of halogens is 2. The van der Waals surface area contributed by atoms with E-state index in [1.165, 1.54) is 36.4 Å². The van der Waals surface area contributed by atoms with Gasteiger partial charge in [-0.1, -0.05) is 29.8 Å². The van der Waals surface area contributed by atoms with Crippen molar-refractivity contribution >= 4 is 10.1 Å². The molecular weight excluding hydrogens is 438 g/mol. The molecule has 3 aromatic carbocycles.